The lowest BCUT2D eigenvalue weighted by atomic mass is 9.90. The number of rotatable bonds is 8. The van der Waals surface area contributed by atoms with E-state index in [1.165, 1.54) is 13.8 Å². The minimum absolute atomic E-state index is 0.159. The Bertz CT molecular complexity index is 924. The van der Waals surface area contributed by atoms with Crippen molar-refractivity contribution in [2.24, 2.45) is 0 Å². The summed E-state index contributed by atoms with van der Waals surface area (Å²) < 4.78 is 10.9. The van der Waals surface area contributed by atoms with Crippen LogP contribution in [-0.4, -0.2) is 47.7 Å². The Balaban J connectivity index is 1.61. The number of amides is 1. The standard InChI is InChI=1S/C25H31NO5/c1-25(2,24(28)29)31-22-11-5-8-19(16-22)20-9-6-14-26(17-20)23(27)13-12-18-7-4-10-21(15-18)30-3/h4-5,7-8,10-11,15-16,20H,6,9,12-14,17H2,1-3H3,(H,28,29). The zero-order valence-electron chi connectivity index (χ0n) is 18.5. The summed E-state index contributed by atoms with van der Waals surface area (Å²) in [7, 11) is 1.64. The van der Waals surface area contributed by atoms with Gasteiger partial charge in [-0.15, -0.1) is 0 Å². The fraction of sp³-hybridized carbons (Fsp3) is 0.440. The van der Waals surface area contributed by atoms with Gasteiger partial charge in [-0.3, -0.25) is 4.79 Å². The van der Waals surface area contributed by atoms with Crippen LogP contribution in [0.25, 0.3) is 0 Å². The number of nitrogens with zero attached hydrogens (tertiary/aromatic N) is 1. The molecule has 1 N–H and O–H groups in total. The molecule has 3 rings (SSSR count). The lowest BCUT2D eigenvalue weighted by Gasteiger charge is -2.33. The number of aryl methyl sites for hydroxylation is 1. The molecule has 2 aromatic rings. The molecule has 0 radical (unpaired) electrons. The Labute approximate surface area is 183 Å². The average molecular weight is 426 g/mol. The molecular formula is C25H31NO5. The molecule has 31 heavy (non-hydrogen) atoms. The van der Waals surface area contributed by atoms with Gasteiger partial charge < -0.3 is 19.5 Å². The maximum Gasteiger partial charge on any atom is 0.347 e. The number of aliphatic carboxylic acids is 1. The molecule has 0 spiro atoms. The van der Waals surface area contributed by atoms with E-state index in [4.69, 9.17) is 9.47 Å². The van der Waals surface area contributed by atoms with Crippen LogP contribution in [0.15, 0.2) is 48.5 Å². The maximum atomic E-state index is 12.8. The third-order valence-corrected chi connectivity index (χ3v) is 5.75. The van der Waals surface area contributed by atoms with Gasteiger partial charge >= 0.3 is 5.97 Å². The smallest absolute Gasteiger partial charge is 0.347 e. The fourth-order valence-corrected chi connectivity index (χ4v) is 3.88. The summed E-state index contributed by atoms with van der Waals surface area (Å²) in [5, 5.41) is 9.30. The molecule has 1 unspecified atom stereocenters. The van der Waals surface area contributed by atoms with Gasteiger partial charge in [0.05, 0.1) is 7.11 Å². The van der Waals surface area contributed by atoms with Crippen molar-refractivity contribution in [3.8, 4) is 11.5 Å². The highest BCUT2D eigenvalue weighted by molar-refractivity contribution is 5.77. The number of carbonyl (C=O) groups excluding carboxylic acids is 1. The lowest BCUT2D eigenvalue weighted by Crippen LogP contribution is -2.39. The Hall–Kier alpha value is -3.02. The molecular weight excluding hydrogens is 394 g/mol. The summed E-state index contributed by atoms with van der Waals surface area (Å²) in [6.45, 7) is 4.51. The van der Waals surface area contributed by atoms with E-state index in [-0.39, 0.29) is 11.8 Å². The molecule has 0 aromatic heterocycles. The lowest BCUT2D eigenvalue weighted by molar-refractivity contribution is -0.152. The number of ether oxygens (including phenoxy) is 2. The number of methoxy groups -OCH3 is 1. The largest absolute Gasteiger partial charge is 0.497 e. The van der Waals surface area contributed by atoms with E-state index < -0.39 is 11.6 Å². The van der Waals surface area contributed by atoms with Crippen LogP contribution in [0.5, 0.6) is 11.5 Å². The first kappa shape index (κ1) is 22.7. The van der Waals surface area contributed by atoms with Gasteiger partial charge in [-0.25, -0.2) is 4.79 Å². The van der Waals surface area contributed by atoms with E-state index in [1.807, 2.05) is 47.4 Å². The second-order valence-electron chi connectivity index (χ2n) is 8.52. The monoisotopic (exact) mass is 425 g/mol. The van der Waals surface area contributed by atoms with E-state index in [0.717, 1.165) is 36.3 Å². The van der Waals surface area contributed by atoms with Gasteiger partial charge in [-0.1, -0.05) is 24.3 Å². The van der Waals surface area contributed by atoms with E-state index >= 15 is 0 Å². The van der Waals surface area contributed by atoms with Crippen molar-refractivity contribution >= 4 is 11.9 Å². The average Bonchev–Trinajstić information content (AvgIpc) is 2.77. The highest BCUT2D eigenvalue weighted by Crippen LogP contribution is 2.30. The number of hydrogen-bond acceptors (Lipinski definition) is 4. The summed E-state index contributed by atoms with van der Waals surface area (Å²) >= 11 is 0. The number of benzene rings is 2. The molecule has 0 aliphatic carbocycles. The number of piperidine rings is 1. The number of carbonyl (C=O) groups is 2. The molecule has 1 aliphatic rings. The Kier molecular flexibility index (Phi) is 7.21. The van der Waals surface area contributed by atoms with Crippen molar-refractivity contribution in [3.05, 3.63) is 59.7 Å². The fourth-order valence-electron chi connectivity index (χ4n) is 3.88. The van der Waals surface area contributed by atoms with Crippen molar-refractivity contribution in [2.45, 2.75) is 51.0 Å². The zero-order chi connectivity index (χ0) is 22.4. The predicted molar refractivity (Wildman–Crippen MR) is 119 cm³/mol. The molecule has 6 heteroatoms. The van der Waals surface area contributed by atoms with Crippen molar-refractivity contribution in [1.82, 2.24) is 4.90 Å². The van der Waals surface area contributed by atoms with Crippen LogP contribution in [-0.2, 0) is 16.0 Å². The molecule has 2 aromatic carbocycles. The van der Waals surface area contributed by atoms with Crippen LogP contribution in [0.1, 0.15) is 50.2 Å². The summed E-state index contributed by atoms with van der Waals surface area (Å²) in [5.41, 5.74) is 0.865. The van der Waals surface area contributed by atoms with Gasteiger partial charge in [0.2, 0.25) is 5.91 Å². The highest BCUT2D eigenvalue weighted by Gasteiger charge is 2.30. The minimum atomic E-state index is -1.30. The van der Waals surface area contributed by atoms with E-state index in [0.29, 0.717) is 25.1 Å². The van der Waals surface area contributed by atoms with Crippen molar-refractivity contribution in [3.63, 3.8) is 0 Å². The van der Waals surface area contributed by atoms with Gasteiger partial charge in [0.25, 0.3) is 0 Å². The van der Waals surface area contributed by atoms with E-state index in [2.05, 4.69) is 0 Å². The normalized spacial score (nSPS) is 16.6. The van der Waals surface area contributed by atoms with Crippen LogP contribution in [0.3, 0.4) is 0 Å². The number of carboxylic acid groups (broad SMARTS) is 1. The molecule has 1 heterocycles. The summed E-state index contributed by atoms with van der Waals surface area (Å²) in [5.74, 6) is 0.698. The van der Waals surface area contributed by atoms with Gasteiger partial charge in [-0.05, 0) is 68.5 Å². The summed E-state index contributed by atoms with van der Waals surface area (Å²) in [4.78, 5) is 26.1. The van der Waals surface area contributed by atoms with Crippen LogP contribution in [0.2, 0.25) is 0 Å². The van der Waals surface area contributed by atoms with Crippen molar-refractivity contribution < 1.29 is 24.2 Å². The van der Waals surface area contributed by atoms with Crippen LogP contribution in [0, 0.1) is 0 Å². The van der Waals surface area contributed by atoms with Crippen LogP contribution in [0.4, 0.5) is 0 Å². The topological polar surface area (TPSA) is 76.1 Å². The molecule has 166 valence electrons. The second-order valence-corrected chi connectivity index (χ2v) is 8.52. The van der Waals surface area contributed by atoms with E-state index in [1.54, 1.807) is 13.2 Å². The van der Waals surface area contributed by atoms with E-state index in [9.17, 15) is 14.7 Å². The Morgan fingerprint density at radius 1 is 1.13 bits per heavy atom. The number of likely N-dealkylation sites (tertiary alicyclic amines) is 1. The second kappa shape index (κ2) is 9.86. The first-order valence-corrected chi connectivity index (χ1v) is 10.7. The van der Waals surface area contributed by atoms with Gasteiger partial charge in [-0.2, -0.15) is 0 Å². The number of carboxylic acids is 1. The Morgan fingerprint density at radius 2 is 1.87 bits per heavy atom. The summed E-state index contributed by atoms with van der Waals surface area (Å²) in [6.07, 6.45) is 3.09. The first-order chi connectivity index (χ1) is 14.8. The molecule has 1 amide bonds. The first-order valence-electron chi connectivity index (χ1n) is 10.7. The van der Waals surface area contributed by atoms with Crippen LogP contribution >= 0.6 is 0 Å². The quantitative estimate of drug-likeness (QED) is 0.683. The third kappa shape index (κ3) is 6.00. The molecule has 0 bridgehead atoms. The Morgan fingerprint density at radius 3 is 2.61 bits per heavy atom. The molecule has 6 nitrogen and oxygen atoms in total. The number of hydrogen-bond donors (Lipinski definition) is 1. The van der Waals surface area contributed by atoms with Crippen LogP contribution < -0.4 is 9.47 Å². The molecule has 1 atom stereocenters. The highest BCUT2D eigenvalue weighted by atomic mass is 16.5. The summed E-state index contributed by atoms with van der Waals surface area (Å²) in [6, 6.07) is 15.4. The van der Waals surface area contributed by atoms with Crippen molar-refractivity contribution in [1.29, 1.82) is 0 Å². The molecule has 1 aliphatic heterocycles. The van der Waals surface area contributed by atoms with Gasteiger partial charge in [0, 0.05) is 25.4 Å². The third-order valence-electron chi connectivity index (χ3n) is 5.75. The maximum absolute atomic E-state index is 12.8. The molecule has 1 fully saturated rings. The SMILES string of the molecule is COc1cccc(CCC(=O)N2CCCC(c3cccc(OC(C)(C)C(=O)O)c3)C2)c1. The minimum Gasteiger partial charge on any atom is -0.497 e. The van der Waals surface area contributed by atoms with Crippen molar-refractivity contribution in [2.75, 3.05) is 20.2 Å². The zero-order valence-corrected chi connectivity index (χ0v) is 18.5. The molecule has 0 saturated carbocycles. The predicted octanol–water partition coefficient (Wildman–Crippen LogP) is 4.28. The van der Waals surface area contributed by atoms with Gasteiger partial charge in [0.1, 0.15) is 11.5 Å². The molecule has 1 saturated heterocycles. The van der Waals surface area contributed by atoms with Gasteiger partial charge in [0.15, 0.2) is 5.60 Å².